The molecule has 21 heavy (non-hydrogen) atoms. The van der Waals surface area contributed by atoms with Gasteiger partial charge in [0.15, 0.2) is 5.82 Å². The van der Waals surface area contributed by atoms with Crippen molar-refractivity contribution in [3.63, 3.8) is 0 Å². The van der Waals surface area contributed by atoms with Gasteiger partial charge >= 0.3 is 0 Å². The van der Waals surface area contributed by atoms with E-state index < -0.39 is 0 Å². The van der Waals surface area contributed by atoms with Crippen molar-refractivity contribution in [2.24, 2.45) is 0 Å². The first-order chi connectivity index (χ1) is 10.4. The molecule has 0 amide bonds. The van der Waals surface area contributed by atoms with Gasteiger partial charge in [0.25, 0.3) is 5.89 Å². The second-order valence-corrected chi connectivity index (χ2v) is 6.17. The van der Waals surface area contributed by atoms with E-state index in [0.29, 0.717) is 17.9 Å². The van der Waals surface area contributed by atoms with Crippen LogP contribution in [0.15, 0.2) is 4.52 Å². The van der Waals surface area contributed by atoms with Crippen LogP contribution < -0.4 is 0 Å². The molecule has 1 aliphatic heterocycles. The lowest BCUT2D eigenvalue weighted by molar-refractivity contribution is -0.0468. The number of hydrogen-bond donors (Lipinski definition) is 0. The van der Waals surface area contributed by atoms with E-state index >= 15 is 0 Å². The molecule has 0 aromatic carbocycles. The fraction of sp³-hybridized carbons (Fsp3) is 0.875. The van der Waals surface area contributed by atoms with Crippen LogP contribution in [0, 0.1) is 0 Å². The smallest absolute Gasteiger partial charge is 0.255 e. The third-order valence-corrected chi connectivity index (χ3v) is 4.60. The first-order valence-electron chi connectivity index (χ1n) is 8.43. The molecule has 2 heterocycles. The Morgan fingerprint density at radius 1 is 1.14 bits per heavy atom. The van der Waals surface area contributed by atoms with Gasteiger partial charge in [-0.05, 0) is 32.1 Å². The molecule has 1 saturated heterocycles. The number of nitrogens with zero attached hydrogens (tertiary/aromatic N) is 2. The Kier molecular flexibility index (Phi) is 5.25. The summed E-state index contributed by atoms with van der Waals surface area (Å²) in [4.78, 5) is 4.61. The molecular weight excluding hydrogens is 268 g/mol. The third kappa shape index (κ3) is 3.83. The summed E-state index contributed by atoms with van der Waals surface area (Å²) in [6.45, 7) is 3.71. The minimum absolute atomic E-state index is 0.0470. The largest absolute Gasteiger partial charge is 0.381 e. The molecule has 0 bridgehead atoms. The summed E-state index contributed by atoms with van der Waals surface area (Å²) < 4.78 is 17.1. The second-order valence-electron chi connectivity index (χ2n) is 6.17. The minimum Gasteiger partial charge on any atom is -0.381 e. The van der Waals surface area contributed by atoms with Gasteiger partial charge in [0.2, 0.25) is 0 Å². The molecule has 1 atom stereocenters. The molecular formula is C16H26N2O3. The fourth-order valence-corrected chi connectivity index (χ4v) is 3.26. The molecule has 1 aromatic rings. The average Bonchev–Trinajstić information content (AvgIpc) is 3.04. The predicted molar refractivity (Wildman–Crippen MR) is 78.1 cm³/mol. The topological polar surface area (TPSA) is 57.4 Å². The van der Waals surface area contributed by atoms with E-state index in [1.807, 2.05) is 0 Å². The van der Waals surface area contributed by atoms with Gasteiger partial charge in [-0.1, -0.05) is 31.3 Å². The van der Waals surface area contributed by atoms with Crippen molar-refractivity contribution in [1.82, 2.24) is 10.1 Å². The molecule has 118 valence electrons. The Hall–Kier alpha value is -0.940. The van der Waals surface area contributed by atoms with Crippen molar-refractivity contribution in [2.45, 2.75) is 76.4 Å². The normalized spacial score (nSPS) is 23.3. The molecule has 1 unspecified atom stereocenters. The summed E-state index contributed by atoms with van der Waals surface area (Å²) in [7, 11) is 0. The summed E-state index contributed by atoms with van der Waals surface area (Å²) in [6, 6.07) is 0. The highest BCUT2D eigenvalue weighted by Crippen LogP contribution is 2.30. The van der Waals surface area contributed by atoms with E-state index in [2.05, 4.69) is 17.1 Å². The lowest BCUT2D eigenvalue weighted by atomic mass is 9.97. The zero-order valence-electron chi connectivity index (χ0n) is 12.9. The molecule has 1 aromatic heterocycles. The zero-order valence-corrected chi connectivity index (χ0v) is 12.9. The van der Waals surface area contributed by atoms with Crippen molar-refractivity contribution < 1.29 is 14.0 Å². The number of aromatic nitrogens is 2. The van der Waals surface area contributed by atoms with Gasteiger partial charge in [-0.15, -0.1) is 0 Å². The van der Waals surface area contributed by atoms with Crippen molar-refractivity contribution in [3.05, 3.63) is 11.7 Å². The Morgan fingerprint density at radius 2 is 1.90 bits per heavy atom. The standard InChI is InChI=1S/C16H26N2O3/c1-2-14(20-13-6-4-3-5-7-13)16-17-15(18-21-16)12-8-10-19-11-9-12/h12-14H,2-11H2,1H3. The second kappa shape index (κ2) is 7.36. The van der Waals surface area contributed by atoms with Crippen molar-refractivity contribution in [2.75, 3.05) is 13.2 Å². The van der Waals surface area contributed by atoms with Crippen molar-refractivity contribution >= 4 is 0 Å². The van der Waals surface area contributed by atoms with E-state index in [-0.39, 0.29) is 6.10 Å². The predicted octanol–water partition coefficient (Wildman–Crippen LogP) is 3.76. The summed E-state index contributed by atoms with van der Waals surface area (Å²) in [5.41, 5.74) is 0. The molecule has 2 fully saturated rings. The fourth-order valence-electron chi connectivity index (χ4n) is 3.26. The molecule has 5 heteroatoms. The highest BCUT2D eigenvalue weighted by Gasteiger charge is 2.26. The van der Waals surface area contributed by atoms with Crippen LogP contribution in [0.2, 0.25) is 0 Å². The van der Waals surface area contributed by atoms with E-state index in [1.165, 1.54) is 19.3 Å². The number of rotatable bonds is 5. The maximum atomic E-state index is 6.21. The quantitative estimate of drug-likeness (QED) is 0.827. The molecule has 2 aliphatic rings. The molecule has 0 spiro atoms. The summed E-state index contributed by atoms with van der Waals surface area (Å²) >= 11 is 0. The lowest BCUT2D eigenvalue weighted by Crippen LogP contribution is -2.20. The molecule has 3 rings (SSSR count). The number of ether oxygens (including phenoxy) is 2. The van der Waals surface area contributed by atoms with Gasteiger partial charge in [-0.25, -0.2) is 0 Å². The monoisotopic (exact) mass is 294 g/mol. The highest BCUT2D eigenvalue weighted by molar-refractivity contribution is 4.98. The van der Waals surface area contributed by atoms with Crippen LogP contribution in [0.3, 0.4) is 0 Å². The maximum Gasteiger partial charge on any atom is 0.255 e. The van der Waals surface area contributed by atoms with Gasteiger partial charge in [-0.3, -0.25) is 0 Å². The van der Waals surface area contributed by atoms with Crippen LogP contribution in [0.25, 0.3) is 0 Å². The Balaban J connectivity index is 1.61. The van der Waals surface area contributed by atoms with Gasteiger partial charge in [0, 0.05) is 19.1 Å². The van der Waals surface area contributed by atoms with Crippen LogP contribution in [0.4, 0.5) is 0 Å². The van der Waals surface area contributed by atoms with Crippen LogP contribution in [-0.4, -0.2) is 29.5 Å². The van der Waals surface area contributed by atoms with E-state index in [1.54, 1.807) is 0 Å². The van der Waals surface area contributed by atoms with Crippen LogP contribution in [0.5, 0.6) is 0 Å². The van der Waals surface area contributed by atoms with Crippen LogP contribution >= 0.6 is 0 Å². The Labute approximate surface area is 126 Å². The summed E-state index contributed by atoms with van der Waals surface area (Å²) in [5.74, 6) is 1.87. The maximum absolute atomic E-state index is 6.21. The average molecular weight is 294 g/mol. The van der Waals surface area contributed by atoms with E-state index in [9.17, 15) is 0 Å². The summed E-state index contributed by atoms with van der Waals surface area (Å²) in [6.07, 6.45) is 9.39. The zero-order chi connectivity index (χ0) is 14.5. The molecule has 0 N–H and O–H groups in total. The molecule has 1 aliphatic carbocycles. The molecule has 0 radical (unpaired) electrons. The third-order valence-electron chi connectivity index (χ3n) is 4.60. The van der Waals surface area contributed by atoms with Gasteiger partial charge < -0.3 is 14.0 Å². The van der Waals surface area contributed by atoms with Crippen LogP contribution in [0.1, 0.15) is 82.0 Å². The van der Waals surface area contributed by atoms with E-state index in [4.69, 9.17) is 14.0 Å². The van der Waals surface area contributed by atoms with Gasteiger partial charge in [0.1, 0.15) is 6.10 Å². The number of hydrogen-bond acceptors (Lipinski definition) is 5. The minimum atomic E-state index is -0.0470. The first kappa shape index (κ1) is 15.0. The first-order valence-corrected chi connectivity index (χ1v) is 8.43. The van der Waals surface area contributed by atoms with Gasteiger partial charge in [-0.2, -0.15) is 4.98 Å². The van der Waals surface area contributed by atoms with Crippen LogP contribution in [-0.2, 0) is 9.47 Å². The summed E-state index contributed by atoms with van der Waals surface area (Å²) in [5, 5.41) is 4.18. The van der Waals surface area contributed by atoms with Crippen molar-refractivity contribution in [1.29, 1.82) is 0 Å². The van der Waals surface area contributed by atoms with E-state index in [0.717, 1.165) is 51.1 Å². The lowest BCUT2D eigenvalue weighted by Gasteiger charge is -2.25. The Bertz CT molecular complexity index is 423. The molecule has 5 nitrogen and oxygen atoms in total. The Morgan fingerprint density at radius 3 is 2.62 bits per heavy atom. The van der Waals surface area contributed by atoms with Gasteiger partial charge in [0.05, 0.1) is 6.10 Å². The molecule has 1 saturated carbocycles. The van der Waals surface area contributed by atoms with Crippen molar-refractivity contribution in [3.8, 4) is 0 Å². The SMILES string of the molecule is CCC(OC1CCCCC1)c1nc(C2CCOCC2)no1. The highest BCUT2D eigenvalue weighted by atomic mass is 16.5.